The highest BCUT2D eigenvalue weighted by Crippen LogP contribution is 2.25. The Balaban J connectivity index is 3.54. The van der Waals surface area contributed by atoms with Gasteiger partial charge < -0.3 is 0 Å². The van der Waals surface area contributed by atoms with Crippen molar-refractivity contribution in [2.24, 2.45) is 0 Å². The second kappa shape index (κ2) is 10.1. The molecular weight excluding hydrogens is 259 g/mol. The monoisotopic (exact) mass is 277 g/mol. The summed E-state index contributed by atoms with van der Waals surface area (Å²) in [5.74, 6) is 2.53. The summed E-state index contributed by atoms with van der Waals surface area (Å²) in [7, 11) is 0. The van der Waals surface area contributed by atoms with E-state index in [4.69, 9.17) is 11.7 Å². The zero-order valence-corrected chi connectivity index (χ0v) is 11.1. The number of unbranched alkanes of at least 4 members (excludes halogenated alkanes) is 4. The van der Waals surface area contributed by atoms with Crippen LogP contribution in [0.4, 0.5) is 13.2 Å². The first-order valence-electron chi connectivity index (χ1n) is 6.01. The van der Waals surface area contributed by atoms with E-state index in [0.29, 0.717) is 6.42 Å². The average Bonchev–Trinajstić information content (AvgIpc) is 2.29. The predicted octanol–water partition coefficient (Wildman–Crippen LogP) is 4.54. The van der Waals surface area contributed by atoms with Crippen LogP contribution in [0.5, 0.6) is 0 Å². The number of alkyl halides is 3. The van der Waals surface area contributed by atoms with Crippen LogP contribution in [0.1, 0.15) is 44.9 Å². The maximum Gasteiger partial charge on any atom is 0.389 e. The number of nitrogens with zero attached hydrogens (tertiary/aromatic N) is 1. The van der Waals surface area contributed by atoms with Crippen molar-refractivity contribution in [3.63, 3.8) is 0 Å². The molecule has 0 aromatic carbocycles. The molecule has 0 bridgehead atoms. The number of thioether (sulfide) groups is 1. The van der Waals surface area contributed by atoms with E-state index in [-0.39, 0.29) is 11.0 Å². The van der Waals surface area contributed by atoms with Gasteiger partial charge in [0.15, 0.2) is 0 Å². The minimum atomic E-state index is -4.12. The van der Waals surface area contributed by atoms with E-state index in [2.05, 4.69) is 12.0 Å². The van der Waals surface area contributed by atoms with E-state index in [1.54, 1.807) is 0 Å². The van der Waals surface area contributed by atoms with Gasteiger partial charge in [-0.2, -0.15) is 18.4 Å². The lowest BCUT2D eigenvalue weighted by molar-refractivity contribution is -0.129. The lowest BCUT2D eigenvalue weighted by atomic mass is 10.1. The largest absolute Gasteiger partial charge is 0.389 e. The molecule has 1 atom stereocenters. The highest BCUT2D eigenvalue weighted by molar-refractivity contribution is 8.00. The summed E-state index contributed by atoms with van der Waals surface area (Å²) in [5.41, 5.74) is 0. The molecule has 0 radical (unpaired) electrons. The van der Waals surface area contributed by atoms with Gasteiger partial charge in [-0.1, -0.05) is 19.3 Å². The first-order valence-corrected chi connectivity index (χ1v) is 7.06. The highest BCUT2D eigenvalue weighted by Gasteiger charge is 2.26. The van der Waals surface area contributed by atoms with E-state index in [1.807, 2.05) is 0 Å². The van der Waals surface area contributed by atoms with Crippen LogP contribution in [-0.2, 0) is 0 Å². The maximum atomic E-state index is 11.9. The zero-order valence-electron chi connectivity index (χ0n) is 10.3. The number of hydrogen-bond donors (Lipinski definition) is 0. The van der Waals surface area contributed by atoms with Gasteiger partial charge in [-0.25, -0.2) is 0 Å². The zero-order chi connectivity index (χ0) is 13.9. The number of rotatable bonds is 9. The van der Waals surface area contributed by atoms with Crippen molar-refractivity contribution >= 4 is 11.8 Å². The molecule has 0 fully saturated rings. The molecule has 0 saturated carbocycles. The van der Waals surface area contributed by atoms with E-state index < -0.39 is 12.6 Å². The molecule has 0 aliphatic rings. The van der Waals surface area contributed by atoms with Gasteiger partial charge in [-0.05, 0) is 12.8 Å². The van der Waals surface area contributed by atoms with E-state index >= 15 is 0 Å². The Bertz CT molecular complexity index is 288. The molecule has 0 amide bonds. The minimum absolute atomic E-state index is 0.0289. The normalized spacial score (nSPS) is 12.7. The van der Waals surface area contributed by atoms with Crippen molar-refractivity contribution in [1.82, 2.24) is 0 Å². The van der Waals surface area contributed by atoms with Gasteiger partial charge in [0, 0.05) is 12.2 Å². The van der Waals surface area contributed by atoms with Crippen LogP contribution < -0.4 is 0 Å². The molecule has 0 aromatic rings. The smallest absolute Gasteiger partial charge is 0.197 e. The molecule has 5 heteroatoms. The molecule has 0 heterocycles. The van der Waals surface area contributed by atoms with Gasteiger partial charge >= 0.3 is 6.18 Å². The van der Waals surface area contributed by atoms with Crippen molar-refractivity contribution in [1.29, 1.82) is 5.26 Å². The van der Waals surface area contributed by atoms with Crippen molar-refractivity contribution < 1.29 is 13.2 Å². The van der Waals surface area contributed by atoms with Crippen LogP contribution in [0.25, 0.3) is 0 Å². The Labute approximate surface area is 111 Å². The van der Waals surface area contributed by atoms with Crippen LogP contribution in [-0.4, -0.2) is 17.2 Å². The van der Waals surface area contributed by atoms with Crippen molar-refractivity contribution in [2.75, 3.05) is 5.75 Å². The van der Waals surface area contributed by atoms with Crippen LogP contribution in [0.3, 0.4) is 0 Å². The number of terminal acetylenes is 1. The summed E-state index contributed by atoms with van der Waals surface area (Å²) in [6.07, 6.45) is 5.47. The van der Waals surface area contributed by atoms with E-state index in [1.165, 1.54) is 0 Å². The van der Waals surface area contributed by atoms with Crippen LogP contribution in [0, 0.1) is 23.7 Å². The molecule has 0 saturated heterocycles. The first-order chi connectivity index (χ1) is 8.49. The third kappa shape index (κ3) is 11.7. The average molecular weight is 277 g/mol. The third-order valence-electron chi connectivity index (χ3n) is 2.39. The highest BCUT2D eigenvalue weighted by atomic mass is 32.2. The van der Waals surface area contributed by atoms with Gasteiger partial charge in [-0.3, -0.25) is 0 Å². The first kappa shape index (κ1) is 17.2. The Morgan fingerprint density at radius 2 is 1.83 bits per heavy atom. The quantitative estimate of drug-likeness (QED) is 0.456. The van der Waals surface area contributed by atoms with Gasteiger partial charge in [0.2, 0.25) is 0 Å². The summed E-state index contributed by atoms with van der Waals surface area (Å²) in [6, 6.07) is 2.05. The molecule has 0 spiro atoms. The number of halogens is 3. The fourth-order valence-electron chi connectivity index (χ4n) is 1.41. The fourth-order valence-corrected chi connectivity index (χ4v) is 2.45. The second-order valence-corrected chi connectivity index (χ2v) is 5.32. The summed E-state index contributed by atoms with van der Waals surface area (Å²) < 4.78 is 35.8. The molecule has 0 N–H and O–H groups in total. The Kier molecular flexibility index (Phi) is 9.69. The third-order valence-corrected chi connectivity index (χ3v) is 3.57. The minimum Gasteiger partial charge on any atom is -0.197 e. The van der Waals surface area contributed by atoms with Gasteiger partial charge in [0.25, 0.3) is 0 Å². The molecule has 102 valence electrons. The van der Waals surface area contributed by atoms with Crippen molar-refractivity contribution in [3.05, 3.63) is 0 Å². The lowest BCUT2D eigenvalue weighted by Gasteiger charge is -2.10. The Hall–Kier alpha value is -0.810. The molecule has 0 aromatic heterocycles. The SMILES string of the molecule is C#CCCCCCCC(C#N)SCCC(F)(F)F. The predicted molar refractivity (Wildman–Crippen MR) is 69.1 cm³/mol. The molecule has 0 aliphatic carbocycles. The lowest BCUT2D eigenvalue weighted by Crippen LogP contribution is -2.10. The standard InChI is InChI=1S/C13H18F3NS/c1-2-3-4-5-6-7-8-12(11-17)18-10-9-13(14,15)16/h1,12H,3-10H2. The van der Waals surface area contributed by atoms with E-state index in [9.17, 15) is 13.2 Å². The van der Waals surface area contributed by atoms with Gasteiger partial charge in [0.05, 0.1) is 17.7 Å². The van der Waals surface area contributed by atoms with E-state index in [0.717, 1.165) is 43.9 Å². The Morgan fingerprint density at radius 1 is 1.17 bits per heavy atom. The molecule has 1 unspecified atom stereocenters. The van der Waals surface area contributed by atoms with Gasteiger partial charge in [-0.15, -0.1) is 24.1 Å². The van der Waals surface area contributed by atoms with Gasteiger partial charge in [0.1, 0.15) is 0 Å². The fraction of sp³-hybridized carbons (Fsp3) is 0.769. The number of hydrogen-bond acceptors (Lipinski definition) is 2. The summed E-state index contributed by atoms with van der Waals surface area (Å²) in [4.78, 5) is 0. The maximum absolute atomic E-state index is 11.9. The van der Waals surface area contributed by atoms with Crippen molar-refractivity contribution in [3.8, 4) is 18.4 Å². The molecular formula is C13H18F3NS. The van der Waals surface area contributed by atoms with Crippen LogP contribution in [0.15, 0.2) is 0 Å². The summed E-state index contributed by atoms with van der Waals surface area (Å²) >= 11 is 1.10. The second-order valence-electron chi connectivity index (χ2n) is 4.01. The molecule has 1 nitrogen and oxygen atoms in total. The molecule has 0 aliphatic heterocycles. The number of nitriles is 1. The van der Waals surface area contributed by atoms with Crippen molar-refractivity contribution in [2.45, 2.75) is 56.4 Å². The Morgan fingerprint density at radius 3 is 2.39 bits per heavy atom. The molecule has 18 heavy (non-hydrogen) atoms. The summed E-state index contributed by atoms with van der Waals surface area (Å²) in [5, 5.41) is 8.50. The topological polar surface area (TPSA) is 23.8 Å². The van der Waals surface area contributed by atoms with Crippen LogP contribution >= 0.6 is 11.8 Å². The summed E-state index contributed by atoms with van der Waals surface area (Å²) in [6.45, 7) is 0. The molecule has 0 rings (SSSR count). The van der Waals surface area contributed by atoms with Crippen LogP contribution in [0.2, 0.25) is 0 Å².